The second kappa shape index (κ2) is 8.33. The van der Waals surface area contributed by atoms with Crippen LogP contribution in [0.15, 0.2) is 48.5 Å². The molecule has 0 unspecified atom stereocenters. The molecular weight excluding hydrogens is 316 g/mol. The number of methoxy groups -OCH3 is 1. The van der Waals surface area contributed by atoms with Crippen molar-refractivity contribution in [2.45, 2.75) is 20.8 Å². The molecule has 0 spiro atoms. The Labute approximate surface area is 148 Å². The van der Waals surface area contributed by atoms with Gasteiger partial charge < -0.3 is 9.64 Å². The van der Waals surface area contributed by atoms with Crippen molar-refractivity contribution in [3.05, 3.63) is 54.1 Å². The van der Waals surface area contributed by atoms with Gasteiger partial charge in [-0.3, -0.25) is 14.5 Å². The molecule has 5 heteroatoms. The van der Waals surface area contributed by atoms with Crippen molar-refractivity contribution in [2.75, 3.05) is 30.0 Å². The smallest absolute Gasteiger partial charge is 0.247 e. The summed E-state index contributed by atoms with van der Waals surface area (Å²) in [7, 11) is 1.55. The number of likely N-dealkylation sites (N-methyl/N-ethyl adjacent to an activating group) is 1. The normalized spacial score (nSPS) is 10.2. The Morgan fingerprint density at radius 2 is 1.72 bits per heavy atom. The van der Waals surface area contributed by atoms with Gasteiger partial charge in [-0.1, -0.05) is 24.3 Å². The van der Waals surface area contributed by atoms with Gasteiger partial charge in [0.15, 0.2) is 0 Å². The van der Waals surface area contributed by atoms with E-state index in [0.29, 0.717) is 18.0 Å². The molecular formula is C20H24N2O3. The van der Waals surface area contributed by atoms with Gasteiger partial charge in [-0.2, -0.15) is 0 Å². The molecule has 0 saturated heterocycles. The summed E-state index contributed by atoms with van der Waals surface area (Å²) in [5.41, 5.74) is 2.41. The highest BCUT2D eigenvalue weighted by molar-refractivity contribution is 6.03. The molecule has 0 radical (unpaired) electrons. The van der Waals surface area contributed by atoms with Crippen molar-refractivity contribution in [3.8, 4) is 5.75 Å². The van der Waals surface area contributed by atoms with E-state index in [0.717, 1.165) is 11.3 Å². The first-order valence-corrected chi connectivity index (χ1v) is 8.26. The van der Waals surface area contributed by atoms with Gasteiger partial charge in [-0.25, -0.2) is 0 Å². The third kappa shape index (κ3) is 4.38. The Morgan fingerprint density at radius 1 is 1.04 bits per heavy atom. The minimum absolute atomic E-state index is 0.0438. The van der Waals surface area contributed by atoms with E-state index < -0.39 is 0 Å². The van der Waals surface area contributed by atoms with Crippen LogP contribution in [-0.2, 0) is 9.59 Å². The van der Waals surface area contributed by atoms with Crippen LogP contribution in [0.3, 0.4) is 0 Å². The first-order valence-electron chi connectivity index (χ1n) is 8.26. The summed E-state index contributed by atoms with van der Waals surface area (Å²) in [4.78, 5) is 28.2. The number of anilines is 2. The molecule has 0 bridgehead atoms. The molecule has 0 saturated carbocycles. The van der Waals surface area contributed by atoms with E-state index in [1.807, 2.05) is 56.3 Å². The average molecular weight is 340 g/mol. The summed E-state index contributed by atoms with van der Waals surface area (Å²) >= 11 is 0. The van der Waals surface area contributed by atoms with Gasteiger partial charge in [0, 0.05) is 19.2 Å². The van der Waals surface area contributed by atoms with Crippen molar-refractivity contribution >= 4 is 23.2 Å². The van der Waals surface area contributed by atoms with Gasteiger partial charge in [0.25, 0.3) is 0 Å². The summed E-state index contributed by atoms with van der Waals surface area (Å²) in [6.07, 6.45) is 0. The van der Waals surface area contributed by atoms with E-state index in [2.05, 4.69) is 0 Å². The van der Waals surface area contributed by atoms with Gasteiger partial charge in [0.2, 0.25) is 11.8 Å². The summed E-state index contributed by atoms with van der Waals surface area (Å²) < 4.78 is 5.37. The Hall–Kier alpha value is -2.82. The maximum atomic E-state index is 12.8. The highest BCUT2D eigenvalue weighted by atomic mass is 16.5. The zero-order valence-electron chi connectivity index (χ0n) is 15.2. The van der Waals surface area contributed by atoms with Crippen molar-refractivity contribution in [2.24, 2.45) is 0 Å². The third-order valence-electron chi connectivity index (χ3n) is 3.98. The molecule has 0 heterocycles. The van der Waals surface area contributed by atoms with E-state index in [4.69, 9.17) is 4.74 Å². The molecule has 0 N–H and O–H groups in total. The minimum Gasteiger partial charge on any atom is -0.495 e. The third-order valence-corrected chi connectivity index (χ3v) is 3.98. The number of rotatable bonds is 6. The summed E-state index contributed by atoms with van der Waals surface area (Å²) in [6.45, 7) is 5.78. The number of carbonyl (C=O) groups is 2. The molecule has 2 amide bonds. The first-order chi connectivity index (χ1) is 12.0. The molecule has 0 atom stereocenters. The molecule has 132 valence electrons. The predicted octanol–water partition coefficient (Wildman–Crippen LogP) is 3.41. The number of nitrogens with zero attached hydrogens (tertiary/aromatic N) is 2. The van der Waals surface area contributed by atoms with Crippen LogP contribution in [0.1, 0.15) is 19.4 Å². The number of para-hydroxylation sites is 1. The molecule has 0 aliphatic heterocycles. The van der Waals surface area contributed by atoms with Crippen LogP contribution in [0.4, 0.5) is 11.4 Å². The van der Waals surface area contributed by atoms with E-state index in [-0.39, 0.29) is 18.4 Å². The Bertz CT molecular complexity index is 744. The van der Waals surface area contributed by atoms with Crippen molar-refractivity contribution in [1.29, 1.82) is 0 Å². The zero-order chi connectivity index (χ0) is 18.4. The number of ether oxygens (including phenoxy) is 1. The van der Waals surface area contributed by atoms with Gasteiger partial charge in [-0.15, -0.1) is 0 Å². The largest absolute Gasteiger partial charge is 0.495 e. The number of benzene rings is 2. The van der Waals surface area contributed by atoms with Gasteiger partial charge in [0.05, 0.1) is 12.8 Å². The van der Waals surface area contributed by atoms with E-state index in [1.54, 1.807) is 18.1 Å². The highest BCUT2D eigenvalue weighted by Crippen LogP contribution is 2.29. The SMILES string of the molecule is CCN(C(=O)CN(C(C)=O)c1cc(C)ccc1OC)c1ccccc1. The van der Waals surface area contributed by atoms with Crippen LogP contribution in [0.5, 0.6) is 5.75 Å². The second-order valence-electron chi connectivity index (χ2n) is 5.75. The quantitative estimate of drug-likeness (QED) is 0.810. The van der Waals surface area contributed by atoms with Gasteiger partial charge in [0.1, 0.15) is 12.3 Å². The molecule has 0 aromatic heterocycles. The molecule has 2 rings (SSSR count). The maximum Gasteiger partial charge on any atom is 0.247 e. The lowest BCUT2D eigenvalue weighted by molar-refractivity contribution is -0.121. The minimum atomic E-state index is -0.207. The van der Waals surface area contributed by atoms with Gasteiger partial charge in [-0.05, 0) is 43.7 Å². The van der Waals surface area contributed by atoms with E-state index in [1.165, 1.54) is 11.8 Å². The predicted molar refractivity (Wildman–Crippen MR) is 100 cm³/mol. The zero-order valence-corrected chi connectivity index (χ0v) is 15.2. The topological polar surface area (TPSA) is 49.9 Å². The molecule has 0 aliphatic rings. The van der Waals surface area contributed by atoms with Crippen molar-refractivity contribution < 1.29 is 14.3 Å². The maximum absolute atomic E-state index is 12.8. The number of carbonyl (C=O) groups excluding carboxylic acids is 2. The van der Waals surface area contributed by atoms with E-state index in [9.17, 15) is 9.59 Å². The fourth-order valence-electron chi connectivity index (χ4n) is 2.71. The lowest BCUT2D eigenvalue weighted by Crippen LogP contribution is -2.42. The molecule has 0 aliphatic carbocycles. The lowest BCUT2D eigenvalue weighted by atomic mass is 10.2. The molecule has 2 aromatic rings. The average Bonchev–Trinajstić information content (AvgIpc) is 2.61. The van der Waals surface area contributed by atoms with Crippen LogP contribution < -0.4 is 14.5 Å². The Balaban J connectivity index is 2.32. The first kappa shape index (κ1) is 18.5. The summed E-state index contributed by atoms with van der Waals surface area (Å²) in [5.74, 6) is 0.213. The van der Waals surface area contributed by atoms with Crippen LogP contribution >= 0.6 is 0 Å². The fourth-order valence-corrected chi connectivity index (χ4v) is 2.71. The molecule has 25 heavy (non-hydrogen) atoms. The standard InChI is InChI=1S/C20H24N2O3/c1-5-21(17-9-7-6-8-10-17)20(24)14-22(16(3)23)18-13-15(2)11-12-19(18)25-4/h6-13H,5,14H2,1-4H3. The number of aryl methyl sites for hydroxylation is 1. The van der Waals surface area contributed by atoms with E-state index >= 15 is 0 Å². The Kier molecular flexibility index (Phi) is 6.17. The number of amides is 2. The fraction of sp³-hybridized carbons (Fsp3) is 0.300. The van der Waals surface area contributed by atoms with Crippen LogP contribution in [0, 0.1) is 6.92 Å². The van der Waals surface area contributed by atoms with Gasteiger partial charge >= 0.3 is 0 Å². The van der Waals surface area contributed by atoms with Crippen LogP contribution in [-0.4, -0.2) is 32.0 Å². The number of hydrogen-bond donors (Lipinski definition) is 0. The summed E-state index contributed by atoms with van der Waals surface area (Å²) in [5, 5.41) is 0. The van der Waals surface area contributed by atoms with Crippen LogP contribution in [0.25, 0.3) is 0 Å². The second-order valence-corrected chi connectivity index (χ2v) is 5.75. The molecule has 2 aromatic carbocycles. The monoisotopic (exact) mass is 340 g/mol. The molecule has 0 fully saturated rings. The molecule has 5 nitrogen and oxygen atoms in total. The Morgan fingerprint density at radius 3 is 2.28 bits per heavy atom. The number of hydrogen-bond acceptors (Lipinski definition) is 3. The van der Waals surface area contributed by atoms with Crippen molar-refractivity contribution in [1.82, 2.24) is 0 Å². The van der Waals surface area contributed by atoms with Crippen LogP contribution in [0.2, 0.25) is 0 Å². The van der Waals surface area contributed by atoms with Crippen molar-refractivity contribution in [3.63, 3.8) is 0 Å². The lowest BCUT2D eigenvalue weighted by Gasteiger charge is -2.27. The summed E-state index contributed by atoms with van der Waals surface area (Å²) in [6, 6.07) is 15.0. The highest BCUT2D eigenvalue weighted by Gasteiger charge is 2.23.